The van der Waals surface area contributed by atoms with Crippen LogP contribution in [-0.4, -0.2) is 22.7 Å². The van der Waals surface area contributed by atoms with Gasteiger partial charge in [-0.05, 0) is 51.5 Å². The standard InChI is InChI=1S/C15H18FNO2/c1-9-8-15(3,4)17(10(2)14(18)19)13-7-11(16)5-6-12(9)13/h5-8,10H,1-4H3,(H,18,19)/t10-/m0/s1. The molecule has 0 amide bonds. The zero-order valence-electron chi connectivity index (χ0n) is 11.6. The topological polar surface area (TPSA) is 40.5 Å². The van der Waals surface area contributed by atoms with Gasteiger partial charge in [0, 0.05) is 11.3 Å². The maximum absolute atomic E-state index is 13.5. The number of carboxylic acids is 1. The minimum absolute atomic E-state index is 0.355. The van der Waals surface area contributed by atoms with Crippen LogP contribution in [0.5, 0.6) is 0 Å². The molecule has 0 saturated heterocycles. The molecule has 0 bridgehead atoms. The molecule has 2 rings (SSSR count). The second kappa shape index (κ2) is 4.37. The third-order valence-corrected chi connectivity index (χ3v) is 3.58. The number of carboxylic acid groups (broad SMARTS) is 1. The Morgan fingerprint density at radius 1 is 1.42 bits per heavy atom. The van der Waals surface area contributed by atoms with Gasteiger partial charge in [-0.25, -0.2) is 9.18 Å². The highest BCUT2D eigenvalue weighted by Crippen LogP contribution is 2.40. The van der Waals surface area contributed by atoms with Gasteiger partial charge in [0.25, 0.3) is 0 Å². The zero-order chi connectivity index (χ0) is 14.4. The smallest absolute Gasteiger partial charge is 0.326 e. The van der Waals surface area contributed by atoms with Gasteiger partial charge in [-0.3, -0.25) is 0 Å². The van der Waals surface area contributed by atoms with Crippen molar-refractivity contribution in [1.29, 1.82) is 0 Å². The van der Waals surface area contributed by atoms with Gasteiger partial charge in [-0.15, -0.1) is 0 Å². The molecule has 1 heterocycles. The Bertz CT molecular complexity index is 563. The van der Waals surface area contributed by atoms with Crippen LogP contribution in [0.25, 0.3) is 5.57 Å². The molecule has 0 saturated carbocycles. The number of hydrogen-bond acceptors (Lipinski definition) is 2. The van der Waals surface area contributed by atoms with Crippen LogP contribution in [0.3, 0.4) is 0 Å². The molecule has 0 radical (unpaired) electrons. The number of hydrogen-bond donors (Lipinski definition) is 1. The second-order valence-electron chi connectivity index (χ2n) is 5.53. The van der Waals surface area contributed by atoms with E-state index in [9.17, 15) is 14.3 Å². The van der Waals surface area contributed by atoms with Crippen molar-refractivity contribution in [2.75, 3.05) is 4.90 Å². The Hall–Kier alpha value is -1.84. The summed E-state index contributed by atoms with van der Waals surface area (Å²) in [4.78, 5) is 13.1. The molecular formula is C15H18FNO2. The number of halogens is 1. The first kappa shape index (κ1) is 13.6. The summed E-state index contributed by atoms with van der Waals surface area (Å²) in [5.74, 6) is -1.27. The van der Waals surface area contributed by atoms with E-state index in [1.165, 1.54) is 12.1 Å². The van der Waals surface area contributed by atoms with Crippen molar-refractivity contribution in [1.82, 2.24) is 0 Å². The molecule has 19 heavy (non-hydrogen) atoms. The SMILES string of the molecule is CC1=CC(C)(C)N([C@@H](C)C(=O)O)c2cc(F)ccc21. The largest absolute Gasteiger partial charge is 0.480 e. The van der Waals surface area contributed by atoms with Crippen molar-refractivity contribution in [2.24, 2.45) is 0 Å². The fourth-order valence-corrected chi connectivity index (χ4v) is 2.84. The third kappa shape index (κ3) is 2.23. The average Bonchev–Trinajstić information content (AvgIpc) is 2.26. The van der Waals surface area contributed by atoms with Gasteiger partial charge in [-0.1, -0.05) is 6.08 Å². The van der Waals surface area contributed by atoms with Gasteiger partial charge in [-0.2, -0.15) is 0 Å². The van der Waals surface area contributed by atoms with Crippen LogP contribution < -0.4 is 4.90 Å². The highest BCUT2D eigenvalue weighted by Gasteiger charge is 2.37. The molecule has 0 aromatic heterocycles. The number of benzene rings is 1. The van der Waals surface area contributed by atoms with E-state index in [0.29, 0.717) is 5.69 Å². The van der Waals surface area contributed by atoms with E-state index in [1.54, 1.807) is 17.9 Å². The van der Waals surface area contributed by atoms with Gasteiger partial charge in [0.1, 0.15) is 11.9 Å². The van der Waals surface area contributed by atoms with Crippen molar-refractivity contribution < 1.29 is 14.3 Å². The number of allylic oxidation sites excluding steroid dienone is 1. The van der Waals surface area contributed by atoms with E-state index < -0.39 is 17.6 Å². The number of nitrogens with zero attached hydrogens (tertiary/aromatic N) is 1. The summed E-state index contributed by atoms with van der Waals surface area (Å²) in [5.41, 5.74) is 2.09. The zero-order valence-corrected chi connectivity index (χ0v) is 11.6. The first-order chi connectivity index (χ1) is 8.74. The first-order valence-electron chi connectivity index (χ1n) is 6.25. The Morgan fingerprint density at radius 2 is 2.05 bits per heavy atom. The van der Waals surface area contributed by atoms with Crippen molar-refractivity contribution >= 4 is 17.2 Å². The molecule has 3 nitrogen and oxygen atoms in total. The molecule has 1 aromatic carbocycles. The molecule has 0 unspecified atom stereocenters. The second-order valence-corrected chi connectivity index (χ2v) is 5.53. The van der Waals surface area contributed by atoms with Crippen molar-refractivity contribution in [3.8, 4) is 0 Å². The summed E-state index contributed by atoms with van der Waals surface area (Å²) < 4.78 is 13.5. The molecule has 0 spiro atoms. The molecule has 1 atom stereocenters. The fourth-order valence-electron chi connectivity index (χ4n) is 2.84. The number of fused-ring (bicyclic) bond motifs is 1. The van der Waals surface area contributed by atoms with E-state index >= 15 is 0 Å². The molecule has 0 fully saturated rings. The maximum atomic E-state index is 13.5. The lowest BCUT2D eigenvalue weighted by Gasteiger charge is -2.45. The molecular weight excluding hydrogens is 245 g/mol. The van der Waals surface area contributed by atoms with Crippen molar-refractivity contribution in [3.05, 3.63) is 35.7 Å². The lowest BCUT2D eigenvalue weighted by Crippen LogP contribution is -2.53. The summed E-state index contributed by atoms with van der Waals surface area (Å²) in [6, 6.07) is 3.79. The summed E-state index contributed by atoms with van der Waals surface area (Å²) in [7, 11) is 0. The van der Waals surface area contributed by atoms with Crippen LogP contribution in [0, 0.1) is 5.82 Å². The number of anilines is 1. The van der Waals surface area contributed by atoms with Crippen molar-refractivity contribution in [3.63, 3.8) is 0 Å². The highest BCUT2D eigenvalue weighted by atomic mass is 19.1. The highest BCUT2D eigenvalue weighted by molar-refractivity contribution is 5.86. The summed E-state index contributed by atoms with van der Waals surface area (Å²) in [5, 5.41) is 9.27. The van der Waals surface area contributed by atoms with Gasteiger partial charge >= 0.3 is 5.97 Å². The van der Waals surface area contributed by atoms with Gasteiger partial charge in [0.05, 0.1) is 5.54 Å². The van der Waals surface area contributed by atoms with E-state index in [4.69, 9.17) is 0 Å². The monoisotopic (exact) mass is 263 g/mol. The Labute approximate surface area is 112 Å². The fraction of sp³-hybridized carbons (Fsp3) is 0.400. The van der Waals surface area contributed by atoms with Crippen LogP contribution in [0.1, 0.15) is 33.3 Å². The molecule has 1 aromatic rings. The van der Waals surface area contributed by atoms with Crippen LogP contribution in [0.15, 0.2) is 24.3 Å². The Morgan fingerprint density at radius 3 is 2.63 bits per heavy atom. The molecule has 1 N–H and O–H groups in total. The molecule has 1 aliphatic rings. The van der Waals surface area contributed by atoms with Crippen molar-refractivity contribution in [2.45, 2.75) is 39.3 Å². The van der Waals surface area contributed by atoms with Crippen LogP contribution in [0.4, 0.5) is 10.1 Å². The van der Waals surface area contributed by atoms with Crippen LogP contribution >= 0.6 is 0 Å². The molecule has 1 aliphatic heterocycles. The minimum Gasteiger partial charge on any atom is -0.480 e. The predicted octanol–water partition coefficient (Wildman–Crippen LogP) is 3.30. The number of aliphatic carboxylic acids is 1. The van der Waals surface area contributed by atoms with Gasteiger partial charge in [0.2, 0.25) is 0 Å². The summed E-state index contributed by atoms with van der Waals surface area (Å²) in [6.07, 6.45) is 2.02. The Balaban J connectivity index is 2.66. The quantitative estimate of drug-likeness (QED) is 0.890. The Kier molecular flexibility index (Phi) is 3.12. The van der Waals surface area contributed by atoms with Gasteiger partial charge < -0.3 is 10.0 Å². The first-order valence-corrected chi connectivity index (χ1v) is 6.25. The summed E-state index contributed by atoms with van der Waals surface area (Å²) in [6.45, 7) is 7.45. The van der Waals surface area contributed by atoms with E-state index in [1.807, 2.05) is 26.8 Å². The average molecular weight is 263 g/mol. The maximum Gasteiger partial charge on any atom is 0.326 e. The van der Waals surface area contributed by atoms with Gasteiger partial charge in [0.15, 0.2) is 0 Å². The normalized spacial score (nSPS) is 18.6. The lowest BCUT2D eigenvalue weighted by molar-refractivity contribution is -0.138. The number of rotatable bonds is 2. The predicted molar refractivity (Wildman–Crippen MR) is 73.7 cm³/mol. The number of carbonyl (C=O) groups is 1. The van der Waals surface area contributed by atoms with Crippen LogP contribution in [-0.2, 0) is 4.79 Å². The third-order valence-electron chi connectivity index (χ3n) is 3.58. The van der Waals surface area contributed by atoms with E-state index in [0.717, 1.165) is 11.1 Å². The molecule has 102 valence electrons. The van der Waals surface area contributed by atoms with E-state index in [2.05, 4.69) is 0 Å². The minimum atomic E-state index is -0.920. The van der Waals surface area contributed by atoms with Crippen LogP contribution in [0.2, 0.25) is 0 Å². The lowest BCUT2D eigenvalue weighted by atomic mass is 9.87. The molecule has 0 aliphatic carbocycles. The molecule has 4 heteroatoms. The van der Waals surface area contributed by atoms with E-state index in [-0.39, 0.29) is 5.82 Å². The summed E-state index contributed by atoms with van der Waals surface area (Å²) >= 11 is 0.